The van der Waals surface area contributed by atoms with Gasteiger partial charge < -0.3 is 9.84 Å². The van der Waals surface area contributed by atoms with Crippen LogP contribution in [0, 0.1) is 15.9 Å². The topological polar surface area (TPSA) is 89.7 Å². The maximum absolute atomic E-state index is 13.2. The molecule has 0 aliphatic heterocycles. The monoisotopic (exact) mass is 355 g/mol. The summed E-state index contributed by atoms with van der Waals surface area (Å²) in [6, 6.07) is 6.80. The summed E-state index contributed by atoms with van der Waals surface area (Å²) in [6.07, 6.45) is 0. The molecule has 2 aromatic carbocycles. The minimum absolute atomic E-state index is 0.126. The minimum atomic E-state index is -1.27. The molecule has 0 fully saturated rings. The Balaban J connectivity index is 2.50. The number of rotatable bonds is 4. The number of halogens is 2. The number of nitro benzene ring substituents is 1. The van der Waals surface area contributed by atoms with Gasteiger partial charge >= 0.3 is 11.7 Å². The fourth-order valence-electron chi connectivity index (χ4n) is 1.60. The van der Waals surface area contributed by atoms with Crippen LogP contribution in [0.15, 0.2) is 40.9 Å². The molecule has 0 aliphatic rings. The molecule has 108 valence electrons. The van der Waals surface area contributed by atoms with Gasteiger partial charge in [-0.05, 0) is 24.3 Å². The number of nitro groups is 1. The largest absolute Gasteiger partial charge is 0.478 e. The predicted molar refractivity (Wildman–Crippen MR) is 74.2 cm³/mol. The van der Waals surface area contributed by atoms with E-state index in [0.717, 1.165) is 18.2 Å². The molecule has 0 unspecified atom stereocenters. The Morgan fingerprint density at radius 1 is 1.24 bits per heavy atom. The van der Waals surface area contributed by atoms with E-state index in [1.165, 1.54) is 18.2 Å². The first-order chi connectivity index (χ1) is 9.88. The van der Waals surface area contributed by atoms with Gasteiger partial charge in [0.1, 0.15) is 17.1 Å². The summed E-state index contributed by atoms with van der Waals surface area (Å²) in [6.45, 7) is 0. The lowest BCUT2D eigenvalue weighted by Gasteiger charge is -2.09. The van der Waals surface area contributed by atoms with E-state index in [4.69, 9.17) is 9.84 Å². The van der Waals surface area contributed by atoms with Crippen LogP contribution in [0.1, 0.15) is 10.4 Å². The third kappa shape index (κ3) is 3.34. The van der Waals surface area contributed by atoms with Crippen LogP contribution in [-0.2, 0) is 0 Å². The smallest absolute Gasteiger partial charge is 0.339 e. The molecule has 0 saturated carbocycles. The number of ether oxygens (including phenoxy) is 1. The highest BCUT2D eigenvalue weighted by Gasteiger charge is 2.20. The second kappa shape index (κ2) is 5.88. The van der Waals surface area contributed by atoms with Crippen molar-refractivity contribution >= 4 is 27.6 Å². The molecule has 0 radical (unpaired) electrons. The van der Waals surface area contributed by atoms with Gasteiger partial charge in [-0.2, -0.15) is 0 Å². The Bertz CT molecular complexity index is 734. The van der Waals surface area contributed by atoms with E-state index in [0.29, 0.717) is 4.47 Å². The van der Waals surface area contributed by atoms with Gasteiger partial charge in [-0.1, -0.05) is 15.9 Å². The minimum Gasteiger partial charge on any atom is -0.478 e. The Morgan fingerprint density at radius 2 is 1.95 bits per heavy atom. The van der Waals surface area contributed by atoms with Gasteiger partial charge in [0.15, 0.2) is 0 Å². The SMILES string of the molecule is O=C(O)c1cc(Br)ccc1Oc1cc(F)ccc1[N+](=O)[O-]. The van der Waals surface area contributed by atoms with Gasteiger partial charge in [-0.15, -0.1) is 0 Å². The third-order valence-electron chi connectivity index (χ3n) is 2.51. The molecule has 2 rings (SSSR count). The highest BCUT2D eigenvalue weighted by Crippen LogP contribution is 2.34. The third-order valence-corrected chi connectivity index (χ3v) is 3.00. The first-order valence-corrected chi connectivity index (χ1v) is 6.32. The number of carboxylic acid groups (broad SMARTS) is 1. The van der Waals surface area contributed by atoms with Crippen molar-refractivity contribution in [3.63, 3.8) is 0 Å². The summed E-state index contributed by atoms with van der Waals surface area (Å²) in [5.74, 6) is -2.50. The summed E-state index contributed by atoms with van der Waals surface area (Å²) in [5, 5.41) is 20.0. The molecule has 0 atom stereocenters. The maximum Gasteiger partial charge on any atom is 0.339 e. The lowest BCUT2D eigenvalue weighted by atomic mass is 10.2. The second-order valence-electron chi connectivity index (χ2n) is 3.92. The van der Waals surface area contributed by atoms with Crippen molar-refractivity contribution in [3.05, 3.63) is 62.4 Å². The zero-order valence-electron chi connectivity index (χ0n) is 10.2. The van der Waals surface area contributed by atoms with Crippen LogP contribution in [0.3, 0.4) is 0 Å². The van der Waals surface area contributed by atoms with Gasteiger partial charge in [0, 0.05) is 16.6 Å². The van der Waals surface area contributed by atoms with Crippen LogP contribution in [0.25, 0.3) is 0 Å². The molecule has 0 bridgehead atoms. The van der Waals surface area contributed by atoms with E-state index in [1.54, 1.807) is 0 Å². The highest BCUT2D eigenvalue weighted by molar-refractivity contribution is 9.10. The number of carbonyl (C=O) groups is 1. The number of hydrogen-bond acceptors (Lipinski definition) is 4. The lowest BCUT2D eigenvalue weighted by molar-refractivity contribution is -0.385. The highest BCUT2D eigenvalue weighted by atomic mass is 79.9. The molecular weight excluding hydrogens is 349 g/mol. The molecular formula is C13H7BrFNO5. The van der Waals surface area contributed by atoms with Crippen molar-refractivity contribution in [1.29, 1.82) is 0 Å². The van der Waals surface area contributed by atoms with E-state index in [1.807, 2.05) is 0 Å². The molecule has 2 aromatic rings. The van der Waals surface area contributed by atoms with Crippen LogP contribution >= 0.6 is 15.9 Å². The molecule has 0 aromatic heterocycles. The lowest BCUT2D eigenvalue weighted by Crippen LogP contribution is -2.01. The van der Waals surface area contributed by atoms with Crippen molar-refractivity contribution in [1.82, 2.24) is 0 Å². The average Bonchev–Trinajstić information content (AvgIpc) is 2.40. The van der Waals surface area contributed by atoms with Crippen molar-refractivity contribution in [2.24, 2.45) is 0 Å². The summed E-state index contributed by atoms with van der Waals surface area (Å²) >= 11 is 3.11. The zero-order chi connectivity index (χ0) is 15.6. The van der Waals surface area contributed by atoms with Crippen LogP contribution in [0.2, 0.25) is 0 Å². The van der Waals surface area contributed by atoms with E-state index < -0.39 is 22.4 Å². The van der Waals surface area contributed by atoms with Crippen molar-refractivity contribution < 1.29 is 24.0 Å². The Morgan fingerprint density at radius 3 is 2.57 bits per heavy atom. The van der Waals surface area contributed by atoms with E-state index in [9.17, 15) is 19.3 Å². The molecule has 6 nitrogen and oxygen atoms in total. The number of nitrogens with zero attached hydrogens (tertiary/aromatic N) is 1. The summed E-state index contributed by atoms with van der Waals surface area (Å²) in [4.78, 5) is 21.3. The number of hydrogen-bond donors (Lipinski definition) is 1. The first kappa shape index (κ1) is 14.9. The van der Waals surface area contributed by atoms with Crippen molar-refractivity contribution in [3.8, 4) is 11.5 Å². The molecule has 0 saturated heterocycles. The van der Waals surface area contributed by atoms with Gasteiger partial charge in [0.25, 0.3) is 0 Å². The molecule has 1 N–H and O–H groups in total. The molecule has 0 spiro atoms. The molecule has 8 heteroatoms. The van der Waals surface area contributed by atoms with Crippen LogP contribution in [0.4, 0.5) is 10.1 Å². The van der Waals surface area contributed by atoms with Crippen LogP contribution in [0.5, 0.6) is 11.5 Å². The Labute approximate surface area is 126 Å². The van der Waals surface area contributed by atoms with Gasteiger partial charge in [-0.25, -0.2) is 9.18 Å². The summed E-state index contributed by atoms with van der Waals surface area (Å²) in [5.41, 5.74) is -0.668. The van der Waals surface area contributed by atoms with Gasteiger partial charge in [0.2, 0.25) is 5.75 Å². The fourth-order valence-corrected chi connectivity index (χ4v) is 1.96. The molecule has 0 aliphatic carbocycles. The number of carboxylic acids is 1. The molecule has 21 heavy (non-hydrogen) atoms. The van der Waals surface area contributed by atoms with E-state index in [2.05, 4.69) is 15.9 Å². The zero-order valence-corrected chi connectivity index (χ0v) is 11.8. The summed E-state index contributed by atoms with van der Waals surface area (Å²) < 4.78 is 18.9. The van der Waals surface area contributed by atoms with Crippen LogP contribution in [-0.4, -0.2) is 16.0 Å². The number of aromatic carboxylic acids is 1. The van der Waals surface area contributed by atoms with Gasteiger partial charge in [-0.3, -0.25) is 10.1 Å². The molecule has 0 amide bonds. The van der Waals surface area contributed by atoms with E-state index >= 15 is 0 Å². The molecule has 0 heterocycles. The average molecular weight is 356 g/mol. The quantitative estimate of drug-likeness (QED) is 0.661. The standard InChI is InChI=1S/C13H7BrFNO5/c14-7-1-4-11(9(5-7)13(17)18)21-12-6-8(15)2-3-10(12)16(19)20/h1-6H,(H,17,18). The van der Waals surface area contributed by atoms with Crippen molar-refractivity contribution in [2.45, 2.75) is 0 Å². The predicted octanol–water partition coefficient (Wildman–Crippen LogP) is 3.99. The summed E-state index contributed by atoms with van der Waals surface area (Å²) in [7, 11) is 0. The normalized spacial score (nSPS) is 10.2. The second-order valence-corrected chi connectivity index (χ2v) is 4.83. The van der Waals surface area contributed by atoms with Crippen LogP contribution < -0.4 is 4.74 Å². The van der Waals surface area contributed by atoms with Gasteiger partial charge in [0.05, 0.1) is 4.92 Å². The first-order valence-electron chi connectivity index (χ1n) is 5.53. The number of benzene rings is 2. The van der Waals surface area contributed by atoms with Crippen molar-refractivity contribution in [2.75, 3.05) is 0 Å². The maximum atomic E-state index is 13.2. The Kier molecular flexibility index (Phi) is 4.18. The fraction of sp³-hybridized carbons (Fsp3) is 0. The van der Waals surface area contributed by atoms with E-state index in [-0.39, 0.29) is 17.1 Å². The Hall–Kier alpha value is -2.48.